The van der Waals surface area contributed by atoms with Gasteiger partial charge < -0.3 is 5.32 Å². The second kappa shape index (κ2) is 9.45. The second-order valence-electron chi connectivity index (χ2n) is 7.48. The summed E-state index contributed by atoms with van der Waals surface area (Å²) in [5.41, 5.74) is 3.20. The number of anilines is 1. The summed E-state index contributed by atoms with van der Waals surface area (Å²) in [7, 11) is 0. The van der Waals surface area contributed by atoms with Crippen LogP contribution in [0.3, 0.4) is 0 Å². The van der Waals surface area contributed by atoms with Crippen molar-refractivity contribution in [1.82, 2.24) is 14.8 Å². The first-order valence-corrected chi connectivity index (χ1v) is 11.5. The third kappa shape index (κ3) is 4.72. The molecule has 8 heteroatoms. The lowest BCUT2D eigenvalue weighted by molar-refractivity contribution is 0.101. The Kier molecular flexibility index (Phi) is 6.65. The summed E-state index contributed by atoms with van der Waals surface area (Å²) in [5.74, 6) is 0.399. The average molecular weight is 530 g/mol. The van der Waals surface area contributed by atoms with Gasteiger partial charge in [-0.25, -0.2) is 9.67 Å². The van der Waals surface area contributed by atoms with Crippen molar-refractivity contribution in [3.05, 3.63) is 92.6 Å². The van der Waals surface area contributed by atoms with E-state index in [-0.39, 0.29) is 11.7 Å². The highest BCUT2D eigenvalue weighted by atomic mass is 79.9. The van der Waals surface area contributed by atoms with Crippen LogP contribution in [-0.4, -0.2) is 20.7 Å². The highest BCUT2D eigenvalue weighted by Gasteiger charge is 2.20. The lowest BCUT2D eigenvalue weighted by Gasteiger charge is -2.13. The molecule has 0 saturated carbocycles. The Morgan fingerprint density at radius 3 is 2.44 bits per heavy atom. The van der Waals surface area contributed by atoms with E-state index in [0.717, 1.165) is 21.3 Å². The van der Waals surface area contributed by atoms with E-state index in [0.29, 0.717) is 21.6 Å². The van der Waals surface area contributed by atoms with E-state index < -0.39 is 5.91 Å². The summed E-state index contributed by atoms with van der Waals surface area (Å²) in [4.78, 5) is 17.7. The van der Waals surface area contributed by atoms with Gasteiger partial charge in [-0.3, -0.25) is 4.79 Å². The number of carbonyl (C=O) groups is 1. The summed E-state index contributed by atoms with van der Waals surface area (Å²) in [5, 5.41) is 8.28. The molecule has 0 unspecified atom stereocenters. The van der Waals surface area contributed by atoms with Gasteiger partial charge in [0.1, 0.15) is 0 Å². The molecule has 5 nitrogen and oxygen atoms in total. The number of hydrogen-bond acceptors (Lipinski definition) is 3. The molecular formula is C24H19BrCl2N4O. The Hall–Kier alpha value is -2.67. The molecular weight excluding hydrogens is 511 g/mol. The van der Waals surface area contributed by atoms with Gasteiger partial charge in [-0.15, -0.1) is 5.10 Å². The quantitative estimate of drug-likeness (QED) is 0.293. The number of rotatable bonds is 5. The number of amides is 1. The largest absolute Gasteiger partial charge is 0.319 e. The van der Waals surface area contributed by atoms with Crippen molar-refractivity contribution < 1.29 is 4.79 Å². The van der Waals surface area contributed by atoms with Gasteiger partial charge in [0.05, 0.1) is 15.7 Å². The molecule has 0 atom stereocenters. The topological polar surface area (TPSA) is 59.8 Å². The van der Waals surface area contributed by atoms with Crippen LogP contribution < -0.4 is 5.32 Å². The first kappa shape index (κ1) is 22.5. The van der Waals surface area contributed by atoms with Crippen LogP contribution in [0, 0.1) is 0 Å². The fourth-order valence-corrected chi connectivity index (χ4v) is 3.95. The predicted molar refractivity (Wildman–Crippen MR) is 133 cm³/mol. The number of hydrogen-bond donors (Lipinski definition) is 1. The van der Waals surface area contributed by atoms with Crippen molar-refractivity contribution in [2.45, 2.75) is 19.8 Å². The lowest BCUT2D eigenvalue weighted by atomic mass is 10.0. The number of carbonyl (C=O) groups excluding carboxylic acids is 1. The number of nitrogens with zero attached hydrogens (tertiary/aromatic N) is 3. The summed E-state index contributed by atoms with van der Waals surface area (Å²) < 4.78 is 2.55. The van der Waals surface area contributed by atoms with Crippen molar-refractivity contribution in [1.29, 1.82) is 0 Å². The Balaban J connectivity index is 1.76. The van der Waals surface area contributed by atoms with Crippen LogP contribution in [0.15, 0.2) is 71.2 Å². The van der Waals surface area contributed by atoms with E-state index in [4.69, 9.17) is 23.2 Å². The molecule has 162 valence electrons. The molecule has 0 bridgehead atoms. The van der Waals surface area contributed by atoms with Crippen LogP contribution in [0.5, 0.6) is 0 Å². The molecule has 0 aliphatic carbocycles. The zero-order chi connectivity index (χ0) is 22.8. The fraction of sp³-hybridized carbons (Fsp3) is 0.125. The van der Waals surface area contributed by atoms with Crippen LogP contribution in [0.2, 0.25) is 10.0 Å². The second-order valence-corrected chi connectivity index (χ2v) is 9.21. The maximum atomic E-state index is 13.1. The molecule has 4 rings (SSSR count). The van der Waals surface area contributed by atoms with Gasteiger partial charge in [-0.05, 0) is 47.9 Å². The van der Waals surface area contributed by atoms with Crippen LogP contribution in [0.25, 0.3) is 17.1 Å². The maximum Gasteiger partial charge on any atom is 0.295 e. The fourth-order valence-electron chi connectivity index (χ4n) is 3.28. The molecule has 4 aromatic rings. The van der Waals surface area contributed by atoms with Crippen LogP contribution in [0.4, 0.5) is 5.69 Å². The zero-order valence-corrected chi connectivity index (χ0v) is 20.4. The lowest BCUT2D eigenvalue weighted by Crippen LogP contribution is -2.16. The minimum atomic E-state index is -0.398. The van der Waals surface area contributed by atoms with E-state index in [9.17, 15) is 4.79 Å². The molecule has 1 amide bonds. The van der Waals surface area contributed by atoms with Crippen molar-refractivity contribution in [2.24, 2.45) is 0 Å². The standard InChI is InChI=1S/C24H19BrCl2N4O/c1-14(2)18-12-16(25)8-11-21(18)28-24(32)22-29-23(15-6-4-3-5-7-15)31(30-22)17-9-10-19(26)20(27)13-17/h3-14H,1-2H3,(H,28,32). The minimum Gasteiger partial charge on any atom is -0.319 e. The van der Waals surface area contributed by atoms with Crippen molar-refractivity contribution in [3.63, 3.8) is 0 Å². The van der Waals surface area contributed by atoms with Crippen LogP contribution in [-0.2, 0) is 0 Å². The van der Waals surface area contributed by atoms with Gasteiger partial charge in [0.15, 0.2) is 5.82 Å². The highest BCUT2D eigenvalue weighted by molar-refractivity contribution is 9.10. The Labute approximate surface area is 204 Å². The third-order valence-electron chi connectivity index (χ3n) is 4.87. The molecule has 0 fully saturated rings. The first-order chi connectivity index (χ1) is 15.3. The van der Waals surface area contributed by atoms with Crippen LogP contribution in [0.1, 0.15) is 35.9 Å². The van der Waals surface area contributed by atoms with Gasteiger partial charge in [-0.1, -0.05) is 83.3 Å². The Morgan fingerprint density at radius 2 is 1.75 bits per heavy atom. The first-order valence-electron chi connectivity index (χ1n) is 9.92. The molecule has 1 aromatic heterocycles. The molecule has 3 aromatic carbocycles. The summed E-state index contributed by atoms with van der Waals surface area (Å²) in [6.45, 7) is 4.14. The average Bonchev–Trinajstić information content (AvgIpc) is 3.23. The molecule has 0 aliphatic heterocycles. The van der Waals surface area contributed by atoms with Crippen molar-refractivity contribution in [2.75, 3.05) is 5.32 Å². The van der Waals surface area contributed by atoms with E-state index in [2.05, 4.69) is 45.2 Å². The number of halogens is 3. The minimum absolute atomic E-state index is 0.0487. The van der Waals surface area contributed by atoms with Crippen molar-refractivity contribution >= 4 is 50.7 Å². The maximum absolute atomic E-state index is 13.1. The number of benzene rings is 3. The molecule has 0 radical (unpaired) electrons. The zero-order valence-electron chi connectivity index (χ0n) is 17.3. The smallest absolute Gasteiger partial charge is 0.295 e. The van der Waals surface area contributed by atoms with Gasteiger partial charge in [0.25, 0.3) is 5.91 Å². The normalized spacial score (nSPS) is 11.1. The van der Waals surface area contributed by atoms with Gasteiger partial charge in [0.2, 0.25) is 5.82 Å². The SMILES string of the molecule is CC(C)c1cc(Br)ccc1NC(=O)c1nc(-c2ccccc2)n(-c2ccc(Cl)c(Cl)c2)n1. The van der Waals surface area contributed by atoms with E-state index >= 15 is 0 Å². The number of aromatic nitrogens is 3. The number of nitrogens with one attached hydrogen (secondary N) is 1. The van der Waals surface area contributed by atoms with Crippen LogP contribution >= 0.6 is 39.1 Å². The molecule has 1 heterocycles. The van der Waals surface area contributed by atoms with Crippen molar-refractivity contribution in [3.8, 4) is 17.1 Å². The van der Waals surface area contributed by atoms with E-state index in [1.54, 1.807) is 22.9 Å². The highest BCUT2D eigenvalue weighted by Crippen LogP contribution is 2.29. The van der Waals surface area contributed by atoms with Gasteiger partial charge >= 0.3 is 0 Å². The monoisotopic (exact) mass is 528 g/mol. The molecule has 0 aliphatic rings. The Morgan fingerprint density at radius 1 is 1.00 bits per heavy atom. The van der Waals surface area contributed by atoms with E-state index in [1.807, 2.05) is 48.5 Å². The molecule has 32 heavy (non-hydrogen) atoms. The summed E-state index contributed by atoms with van der Waals surface area (Å²) >= 11 is 15.8. The molecule has 0 saturated heterocycles. The Bertz CT molecular complexity index is 1290. The molecule has 0 spiro atoms. The molecule has 1 N–H and O–H groups in total. The third-order valence-corrected chi connectivity index (χ3v) is 6.11. The summed E-state index contributed by atoms with van der Waals surface area (Å²) in [6.07, 6.45) is 0. The predicted octanol–water partition coefficient (Wildman–Crippen LogP) is 7.38. The van der Waals surface area contributed by atoms with E-state index in [1.165, 1.54) is 0 Å². The van der Waals surface area contributed by atoms with Gasteiger partial charge in [-0.2, -0.15) is 0 Å². The van der Waals surface area contributed by atoms with Gasteiger partial charge in [0, 0.05) is 15.7 Å². The summed E-state index contributed by atoms with van der Waals surface area (Å²) in [6, 6.07) is 20.4.